The van der Waals surface area contributed by atoms with Crippen molar-refractivity contribution in [3.63, 3.8) is 0 Å². The van der Waals surface area contributed by atoms with E-state index in [9.17, 15) is 14.0 Å². The molecule has 0 aliphatic carbocycles. The fourth-order valence-electron chi connectivity index (χ4n) is 4.10. The minimum Gasteiger partial charge on any atom is -0.441 e. The zero-order chi connectivity index (χ0) is 19.6. The first-order chi connectivity index (χ1) is 13.6. The van der Waals surface area contributed by atoms with Crippen molar-refractivity contribution in [2.45, 2.75) is 30.8 Å². The molecule has 4 rings (SSSR count). The van der Waals surface area contributed by atoms with Crippen molar-refractivity contribution < 1.29 is 18.7 Å². The number of hydrogen-bond acceptors (Lipinski definition) is 3. The van der Waals surface area contributed by atoms with E-state index >= 15 is 0 Å². The number of hydrogen-bond donors (Lipinski definition) is 1. The maximum atomic E-state index is 14.5. The van der Waals surface area contributed by atoms with Crippen LogP contribution >= 0.6 is 0 Å². The predicted octanol–water partition coefficient (Wildman–Crippen LogP) is 3.45. The summed E-state index contributed by atoms with van der Waals surface area (Å²) in [7, 11) is 0. The summed E-state index contributed by atoms with van der Waals surface area (Å²) >= 11 is 0. The molecule has 0 saturated carbocycles. The number of likely N-dealkylation sites (tertiary alicyclic amines) is 1. The number of alkyl carbamates (subject to hydrolysis) is 1. The van der Waals surface area contributed by atoms with Gasteiger partial charge in [0.2, 0.25) is 5.91 Å². The molecule has 1 atom stereocenters. The van der Waals surface area contributed by atoms with Gasteiger partial charge in [-0.1, -0.05) is 48.5 Å². The third-order valence-electron chi connectivity index (χ3n) is 5.75. The molecule has 2 amide bonds. The van der Waals surface area contributed by atoms with Crippen molar-refractivity contribution in [2.24, 2.45) is 0 Å². The van der Waals surface area contributed by atoms with Crippen LogP contribution in [0.1, 0.15) is 36.3 Å². The first-order valence-corrected chi connectivity index (χ1v) is 9.60. The molecule has 5 nitrogen and oxygen atoms in total. The van der Waals surface area contributed by atoms with Crippen molar-refractivity contribution in [3.05, 3.63) is 71.5 Å². The topological polar surface area (TPSA) is 58.6 Å². The summed E-state index contributed by atoms with van der Waals surface area (Å²) in [5.74, 6) is -0.647. The van der Waals surface area contributed by atoms with Crippen LogP contribution in [0.2, 0.25) is 0 Å². The van der Waals surface area contributed by atoms with Crippen LogP contribution in [0, 0.1) is 5.82 Å². The second-order valence-corrected chi connectivity index (χ2v) is 7.50. The summed E-state index contributed by atoms with van der Waals surface area (Å²) in [4.78, 5) is 26.2. The molecule has 1 spiro atoms. The van der Waals surface area contributed by atoms with Crippen molar-refractivity contribution in [1.82, 2.24) is 10.2 Å². The number of halogens is 1. The van der Waals surface area contributed by atoms with Crippen LogP contribution in [0.5, 0.6) is 0 Å². The number of piperidine rings is 1. The average molecular weight is 382 g/mol. The Balaban J connectivity index is 1.49. The van der Waals surface area contributed by atoms with Crippen LogP contribution < -0.4 is 5.32 Å². The monoisotopic (exact) mass is 382 g/mol. The standard InChI is InChI=1S/C22H23FN2O3/c23-19-9-5-4-8-17(19)18(16-6-2-1-3-7-16)14-20(26)25-12-10-22(11-13-25)15-24-21(27)28-22/h1-9,18H,10-15H2,(H,24,27). The Bertz CT molecular complexity index is 863. The largest absolute Gasteiger partial charge is 0.441 e. The van der Waals surface area contributed by atoms with E-state index in [4.69, 9.17) is 4.74 Å². The van der Waals surface area contributed by atoms with Gasteiger partial charge in [0, 0.05) is 38.3 Å². The van der Waals surface area contributed by atoms with Gasteiger partial charge in [-0.2, -0.15) is 0 Å². The summed E-state index contributed by atoms with van der Waals surface area (Å²) < 4.78 is 19.9. The molecule has 2 saturated heterocycles. The molecular weight excluding hydrogens is 359 g/mol. The van der Waals surface area contributed by atoms with Gasteiger partial charge < -0.3 is 15.0 Å². The molecular formula is C22H23FN2O3. The Morgan fingerprint density at radius 3 is 2.43 bits per heavy atom. The molecule has 28 heavy (non-hydrogen) atoms. The highest BCUT2D eigenvalue weighted by atomic mass is 19.1. The van der Waals surface area contributed by atoms with Crippen molar-refractivity contribution in [1.29, 1.82) is 0 Å². The quantitative estimate of drug-likeness (QED) is 0.881. The lowest BCUT2D eigenvalue weighted by atomic mass is 9.86. The number of amides is 2. The van der Waals surface area contributed by atoms with Crippen LogP contribution in [-0.4, -0.2) is 42.1 Å². The lowest BCUT2D eigenvalue weighted by Crippen LogP contribution is -2.48. The van der Waals surface area contributed by atoms with E-state index in [2.05, 4.69) is 5.32 Å². The second-order valence-electron chi connectivity index (χ2n) is 7.50. The molecule has 146 valence electrons. The van der Waals surface area contributed by atoms with Crippen LogP contribution in [0.3, 0.4) is 0 Å². The van der Waals surface area contributed by atoms with Crippen LogP contribution in [0.15, 0.2) is 54.6 Å². The molecule has 0 aromatic heterocycles. The molecule has 1 N–H and O–H groups in total. The minimum absolute atomic E-state index is 0.00996. The summed E-state index contributed by atoms with van der Waals surface area (Å²) in [6.45, 7) is 1.56. The maximum Gasteiger partial charge on any atom is 0.407 e. The maximum absolute atomic E-state index is 14.5. The minimum atomic E-state index is -0.488. The number of nitrogens with one attached hydrogen (secondary N) is 1. The number of nitrogens with zero attached hydrogens (tertiary/aromatic N) is 1. The first-order valence-electron chi connectivity index (χ1n) is 9.60. The highest BCUT2D eigenvalue weighted by Gasteiger charge is 2.43. The SMILES string of the molecule is O=C1NCC2(CCN(C(=O)CC(c3ccccc3)c3ccccc3F)CC2)O1. The second kappa shape index (κ2) is 7.62. The van der Waals surface area contributed by atoms with E-state index in [-0.39, 0.29) is 30.2 Å². The van der Waals surface area contributed by atoms with Crippen molar-refractivity contribution >= 4 is 12.0 Å². The Morgan fingerprint density at radius 1 is 1.11 bits per heavy atom. The number of ether oxygens (including phenoxy) is 1. The van der Waals surface area contributed by atoms with Gasteiger partial charge >= 0.3 is 6.09 Å². The normalized spacial score (nSPS) is 19.2. The number of benzene rings is 2. The van der Waals surface area contributed by atoms with Crippen molar-refractivity contribution in [2.75, 3.05) is 19.6 Å². The smallest absolute Gasteiger partial charge is 0.407 e. The number of carbonyl (C=O) groups is 2. The van der Waals surface area contributed by atoms with Gasteiger partial charge in [0.25, 0.3) is 0 Å². The molecule has 0 bridgehead atoms. The summed E-state index contributed by atoms with van der Waals surface area (Å²) in [5.41, 5.74) is 0.964. The zero-order valence-corrected chi connectivity index (χ0v) is 15.6. The third-order valence-corrected chi connectivity index (χ3v) is 5.75. The zero-order valence-electron chi connectivity index (χ0n) is 15.6. The predicted molar refractivity (Wildman–Crippen MR) is 102 cm³/mol. The van der Waals surface area contributed by atoms with Crippen LogP contribution in [0.4, 0.5) is 9.18 Å². The Labute approximate surface area is 163 Å². The van der Waals surface area contributed by atoms with Gasteiger partial charge in [0.15, 0.2) is 0 Å². The molecule has 0 radical (unpaired) electrons. The summed E-state index contributed by atoms with van der Waals surface area (Å²) in [5, 5.41) is 2.70. The Hall–Kier alpha value is -2.89. The van der Waals surface area contributed by atoms with E-state index in [0.29, 0.717) is 38.0 Å². The van der Waals surface area contributed by atoms with Crippen LogP contribution in [-0.2, 0) is 9.53 Å². The molecule has 2 heterocycles. The lowest BCUT2D eigenvalue weighted by molar-refractivity contribution is -0.134. The molecule has 2 fully saturated rings. The van der Waals surface area contributed by atoms with E-state index in [1.807, 2.05) is 30.3 Å². The van der Waals surface area contributed by atoms with E-state index in [1.165, 1.54) is 6.07 Å². The van der Waals surface area contributed by atoms with E-state index in [0.717, 1.165) is 5.56 Å². The highest BCUT2D eigenvalue weighted by molar-refractivity contribution is 5.78. The molecule has 1 unspecified atom stereocenters. The summed E-state index contributed by atoms with van der Waals surface area (Å²) in [6, 6.07) is 16.2. The molecule has 2 aliphatic heterocycles. The van der Waals surface area contributed by atoms with Gasteiger partial charge in [0.1, 0.15) is 11.4 Å². The summed E-state index contributed by atoms with van der Waals surface area (Å²) in [6.07, 6.45) is 1.06. The average Bonchev–Trinajstić information content (AvgIpc) is 3.08. The molecule has 2 aliphatic rings. The lowest BCUT2D eigenvalue weighted by Gasteiger charge is -2.37. The van der Waals surface area contributed by atoms with E-state index < -0.39 is 5.60 Å². The van der Waals surface area contributed by atoms with Gasteiger partial charge in [-0.25, -0.2) is 9.18 Å². The van der Waals surface area contributed by atoms with Crippen LogP contribution in [0.25, 0.3) is 0 Å². The number of rotatable bonds is 4. The highest BCUT2D eigenvalue weighted by Crippen LogP contribution is 2.33. The molecule has 2 aromatic rings. The fourth-order valence-corrected chi connectivity index (χ4v) is 4.10. The van der Waals surface area contributed by atoms with Gasteiger partial charge in [-0.15, -0.1) is 0 Å². The first kappa shape index (κ1) is 18.5. The molecule has 2 aromatic carbocycles. The van der Waals surface area contributed by atoms with E-state index in [1.54, 1.807) is 23.1 Å². The number of carbonyl (C=O) groups excluding carboxylic acids is 2. The Morgan fingerprint density at radius 2 is 1.79 bits per heavy atom. The third kappa shape index (κ3) is 3.72. The molecule has 6 heteroatoms. The van der Waals surface area contributed by atoms with Gasteiger partial charge in [0.05, 0.1) is 6.54 Å². The van der Waals surface area contributed by atoms with Gasteiger partial charge in [-0.3, -0.25) is 4.79 Å². The van der Waals surface area contributed by atoms with Gasteiger partial charge in [-0.05, 0) is 17.2 Å². The fraction of sp³-hybridized carbons (Fsp3) is 0.364. The van der Waals surface area contributed by atoms with Crippen molar-refractivity contribution in [3.8, 4) is 0 Å². The Kier molecular flexibility index (Phi) is 5.03.